The molecule has 9 heteroatoms. The lowest BCUT2D eigenvalue weighted by Gasteiger charge is -2.08. The molecule has 0 fully saturated rings. The van der Waals surface area contributed by atoms with Gasteiger partial charge in [-0.05, 0) is 49.4 Å². The Balaban J connectivity index is 1.48. The van der Waals surface area contributed by atoms with Crippen molar-refractivity contribution in [1.29, 1.82) is 5.26 Å². The highest BCUT2D eigenvalue weighted by atomic mass is 32.1. The summed E-state index contributed by atoms with van der Waals surface area (Å²) in [5.74, 6) is -1.21. The second kappa shape index (κ2) is 10.6. The first-order chi connectivity index (χ1) is 15.0. The third kappa shape index (κ3) is 5.83. The van der Waals surface area contributed by atoms with Crippen LogP contribution in [0.1, 0.15) is 45.6 Å². The van der Waals surface area contributed by atoms with Crippen LogP contribution in [0.2, 0.25) is 0 Å². The SMILES string of the molecule is COc1cccc(C(=O)NCC(=O)OCC(=O)Nc2sc3c(c2C#N)CCCCC3)c1. The minimum atomic E-state index is -0.742. The Hall–Kier alpha value is -3.38. The molecular formula is C22H23N3O5S. The molecule has 1 aromatic heterocycles. The number of carbonyl (C=O) groups is 3. The number of thiophene rings is 1. The number of amides is 2. The van der Waals surface area contributed by atoms with Crippen molar-refractivity contribution in [3.05, 3.63) is 45.8 Å². The molecule has 0 atom stereocenters. The summed E-state index contributed by atoms with van der Waals surface area (Å²) in [5.41, 5.74) is 1.87. The Bertz CT molecular complexity index is 1020. The Morgan fingerprint density at radius 1 is 1.19 bits per heavy atom. The van der Waals surface area contributed by atoms with Crippen molar-refractivity contribution in [2.24, 2.45) is 0 Å². The molecule has 1 aliphatic rings. The molecule has 0 saturated heterocycles. The summed E-state index contributed by atoms with van der Waals surface area (Å²) in [7, 11) is 1.49. The molecule has 1 heterocycles. The minimum Gasteiger partial charge on any atom is -0.497 e. The van der Waals surface area contributed by atoms with Gasteiger partial charge in [0.05, 0.1) is 12.7 Å². The zero-order chi connectivity index (χ0) is 22.2. The molecule has 8 nitrogen and oxygen atoms in total. The van der Waals surface area contributed by atoms with E-state index in [1.807, 2.05) is 0 Å². The lowest BCUT2D eigenvalue weighted by molar-refractivity contribution is -0.146. The standard InChI is InChI=1S/C22H23N3O5S/c1-29-15-7-5-6-14(10-15)21(28)24-12-20(27)30-13-19(26)25-22-17(11-23)16-8-3-2-4-9-18(16)31-22/h5-7,10H,2-4,8-9,12-13H2,1H3,(H,24,28)(H,25,26). The van der Waals surface area contributed by atoms with Gasteiger partial charge >= 0.3 is 5.97 Å². The maximum absolute atomic E-state index is 12.2. The summed E-state index contributed by atoms with van der Waals surface area (Å²) in [6.07, 6.45) is 4.99. The number of hydrogen-bond donors (Lipinski definition) is 2. The van der Waals surface area contributed by atoms with Gasteiger partial charge in [-0.2, -0.15) is 5.26 Å². The van der Waals surface area contributed by atoms with Crippen molar-refractivity contribution in [1.82, 2.24) is 5.32 Å². The van der Waals surface area contributed by atoms with Crippen LogP contribution in [-0.4, -0.2) is 38.0 Å². The second-order valence-electron chi connectivity index (χ2n) is 7.00. The average molecular weight is 442 g/mol. The van der Waals surface area contributed by atoms with E-state index in [0.29, 0.717) is 21.9 Å². The van der Waals surface area contributed by atoms with E-state index in [2.05, 4.69) is 16.7 Å². The maximum atomic E-state index is 12.2. The fourth-order valence-corrected chi connectivity index (χ4v) is 4.58. The average Bonchev–Trinajstić information content (AvgIpc) is 2.94. The van der Waals surface area contributed by atoms with Gasteiger partial charge in [-0.25, -0.2) is 0 Å². The van der Waals surface area contributed by atoms with E-state index in [0.717, 1.165) is 42.5 Å². The fraction of sp³-hybridized carbons (Fsp3) is 0.364. The number of aryl methyl sites for hydroxylation is 1. The molecule has 162 valence electrons. The molecule has 31 heavy (non-hydrogen) atoms. The first kappa shape index (κ1) is 22.3. The summed E-state index contributed by atoms with van der Waals surface area (Å²) < 4.78 is 9.99. The van der Waals surface area contributed by atoms with Crippen molar-refractivity contribution >= 4 is 34.1 Å². The molecule has 0 spiro atoms. The van der Waals surface area contributed by atoms with Crippen molar-refractivity contribution in [3.63, 3.8) is 0 Å². The smallest absolute Gasteiger partial charge is 0.325 e. The predicted octanol–water partition coefficient (Wildman–Crippen LogP) is 2.81. The Labute approximate surface area is 184 Å². The number of nitrogens with one attached hydrogen (secondary N) is 2. The van der Waals surface area contributed by atoms with E-state index in [4.69, 9.17) is 9.47 Å². The third-order valence-electron chi connectivity index (χ3n) is 4.88. The van der Waals surface area contributed by atoms with Crippen LogP contribution in [0.3, 0.4) is 0 Å². The van der Waals surface area contributed by atoms with Gasteiger partial charge in [0, 0.05) is 10.4 Å². The first-order valence-electron chi connectivity index (χ1n) is 9.94. The molecule has 0 aliphatic heterocycles. The monoisotopic (exact) mass is 441 g/mol. The van der Waals surface area contributed by atoms with E-state index in [1.54, 1.807) is 24.3 Å². The Morgan fingerprint density at radius 3 is 2.77 bits per heavy atom. The molecule has 0 radical (unpaired) electrons. The van der Waals surface area contributed by atoms with Crippen LogP contribution >= 0.6 is 11.3 Å². The number of ether oxygens (including phenoxy) is 2. The summed E-state index contributed by atoms with van der Waals surface area (Å²) >= 11 is 1.42. The second-order valence-corrected chi connectivity index (χ2v) is 8.11. The zero-order valence-corrected chi connectivity index (χ0v) is 18.0. The Morgan fingerprint density at radius 2 is 2.00 bits per heavy atom. The normalized spacial score (nSPS) is 12.6. The number of esters is 1. The van der Waals surface area contributed by atoms with Gasteiger partial charge in [-0.15, -0.1) is 11.3 Å². The fourth-order valence-electron chi connectivity index (χ4n) is 3.33. The summed E-state index contributed by atoms with van der Waals surface area (Å²) in [4.78, 5) is 37.3. The number of benzene rings is 1. The maximum Gasteiger partial charge on any atom is 0.325 e. The van der Waals surface area contributed by atoms with Gasteiger partial charge < -0.3 is 20.1 Å². The largest absolute Gasteiger partial charge is 0.497 e. The third-order valence-corrected chi connectivity index (χ3v) is 6.08. The Kier molecular flexibility index (Phi) is 7.62. The summed E-state index contributed by atoms with van der Waals surface area (Å²) in [6, 6.07) is 8.69. The van der Waals surface area contributed by atoms with Gasteiger partial charge in [0.1, 0.15) is 23.4 Å². The molecule has 2 N–H and O–H groups in total. The highest BCUT2D eigenvalue weighted by Crippen LogP contribution is 2.36. The highest BCUT2D eigenvalue weighted by molar-refractivity contribution is 7.16. The topological polar surface area (TPSA) is 118 Å². The van der Waals surface area contributed by atoms with Gasteiger partial charge in [0.15, 0.2) is 6.61 Å². The molecular weight excluding hydrogens is 418 g/mol. The summed E-state index contributed by atoms with van der Waals surface area (Å²) in [5, 5.41) is 15.1. The van der Waals surface area contributed by atoms with Crippen molar-refractivity contribution < 1.29 is 23.9 Å². The molecule has 2 aromatic rings. The number of carbonyl (C=O) groups excluding carboxylic acids is 3. The van der Waals surface area contributed by atoms with Gasteiger partial charge in [0.2, 0.25) is 0 Å². The number of methoxy groups -OCH3 is 1. The van der Waals surface area contributed by atoms with Crippen molar-refractivity contribution in [3.8, 4) is 11.8 Å². The highest BCUT2D eigenvalue weighted by Gasteiger charge is 2.21. The molecule has 0 bridgehead atoms. The van der Waals surface area contributed by atoms with Crippen LogP contribution < -0.4 is 15.4 Å². The quantitative estimate of drug-likeness (QED) is 0.504. The molecule has 1 aliphatic carbocycles. The number of anilines is 1. The van der Waals surface area contributed by atoms with E-state index < -0.39 is 24.4 Å². The molecule has 0 saturated carbocycles. The van der Waals surface area contributed by atoms with E-state index >= 15 is 0 Å². The number of nitrogens with zero attached hydrogens (tertiary/aromatic N) is 1. The van der Waals surface area contributed by atoms with Crippen LogP contribution in [0.15, 0.2) is 24.3 Å². The van der Waals surface area contributed by atoms with Gasteiger partial charge in [0.25, 0.3) is 11.8 Å². The lowest BCUT2D eigenvalue weighted by Crippen LogP contribution is -2.32. The van der Waals surface area contributed by atoms with Gasteiger partial charge in [-0.3, -0.25) is 14.4 Å². The molecule has 1 aromatic carbocycles. The summed E-state index contributed by atoms with van der Waals surface area (Å²) in [6.45, 7) is -0.874. The van der Waals surface area contributed by atoms with Crippen LogP contribution in [0.25, 0.3) is 0 Å². The number of rotatable bonds is 7. The van der Waals surface area contributed by atoms with Crippen LogP contribution in [0.5, 0.6) is 5.75 Å². The van der Waals surface area contributed by atoms with Crippen LogP contribution in [0, 0.1) is 11.3 Å². The predicted molar refractivity (Wildman–Crippen MR) is 115 cm³/mol. The zero-order valence-electron chi connectivity index (χ0n) is 17.2. The van der Waals surface area contributed by atoms with E-state index in [-0.39, 0.29) is 6.54 Å². The molecule has 2 amide bonds. The number of fused-ring (bicyclic) bond motifs is 1. The van der Waals surface area contributed by atoms with Crippen LogP contribution in [0.4, 0.5) is 5.00 Å². The number of nitriles is 1. The number of hydrogen-bond acceptors (Lipinski definition) is 7. The van der Waals surface area contributed by atoms with Crippen LogP contribution in [-0.2, 0) is 27.2 Å². The minimum absolute atomic E-state index is 0.339. The van der Waals surface area contributed by atoms with Crippen molar-refractivity contribution in [2.75, 3.05) is 25.6 Å². The lowest BCUT2D eigenvalue weighted by atomic mass is 10.1. The van der Waals surface area contributed by atoms with Crippen molar-refractivity contribution in [2.45, 2.75) is 32.1 Å². The van der Waals surface area contributed by atoms with Gasteiger partial charge in [-0.1, -0.05) is 12.5 Å². The van der Waals surface area contributed by atoms with E-state index in [9.17, 15) is 19.6 Å². The van der Waals surface area contributed by atoms with E-state index in [1.165, 1.54) is 18.4 Å². The first-order valence-corrected chi connectivity index (χ1v) is 10.8. The molecule has 3 rings (SSSR count). The molecule has 0 unspecified atom stereocenters.